The van der Waals surface area contributed by atoms with Gasteiger partial charge in [-0.3, -0.25) is 7.32 Å². The van der Waals surface area contributed by atoms with Gasteiger partial charge in [0.25, 0.3) is 0 Å². The zero-order valence-electron chi connectivity index (χ0n) is 12.3. The molecule has 0 saturated carbocycles. The average molecular weight is 278 g/mol. The second kappa shape index (κ2) is 20.9. The van der Waals surface area contributed by atoms with E-state index in [1.54, 1.807) is 0 Å². The molecule has 0 radical (unpaired) electrons. The van der Waals surface area contributed by atoms with Crippen molar-refractivity contribution in [2.45, 2.75) is 58.9 Å². The monoisotopic (exact) mass is 278 g/mol. The summed E-state index contributed by atoms with van der Waals surface area (Å²) in [7, 11) is -2.56. The molecular formula is C9H27BO3Si3. The van der Waals surface area contributed by atoms with Crippen molar-refractivity contribution in [3.8, 4) is 0 Å². The maximum atomic E-state index is 8.42. The zero-order valence-corrected chi connectivity index (χ0v) is 15.3. The minimum absolute atomic E-state index is 0.120. The van der Waals surface area contributed by atoms with E-state index in [1.165, 1.54) is 0 Å². The molecule has 0 saturated heterocycles. The fraction of sp³-hybridized carbons (Fsp3) is 1.00. The molecule has 0 fully saturated rings. The summed E-state index contributed by atoms with van der Waals surface area (Å²) in [6.45, 7) is 20.4. The van der Waals surface area contributed by atoms with Crippen molar-refractivity contribution in [2.24, 2.45) is 0 Å². The Kier molecular flexibility index (Phi) is 33.3. The third-order valence-electron chi connectivity index (χ3n) is 0. The summed E-state index contributed by atoms with van der Waals surface area (Å²) in [5, 5.41) is 25.2. The first-order chi connectivity index (χ1) is 6.93. The normalized spacial score (nSPS) is 6.75. The second-order valence-electron chi connectivity index (χ2n) is 4.79. The van der Waals surface area contributed by atoms with Gasteiger partial charge in [0.15, 0.2) is 0 Å². The Hall–Kier alpha value is 0.596. The van der Waals surface area contributed by atoms with E-state index in [1.807, 2.05) is 0 Å². The Morgan fingerprint density at radius 1 is 0.500 bits per heavy atom. The summed E-state index contributed by atoms with van der Waals surface area (Å²) >= 11 is 0. The minimum atomic E-state index is -2.92. The molecule has 0 aliphatic rings. The van der Waals surface area contributed by atoms with Crippen LogP contribution in [0.3, 0.4) is 0 Å². The SMILES string of the molecule is C[Si+](C)C.C[Si+](C)C.C[Si+](C)C.[O-]B([O-])[O-]. The van der Waals surface area contributed by atoms with E-state index < -0.39 is 7.32 Å². The topological polar surface area (TPSA) is 69.2 Å². The van der Waals surface area contributed by atoms with Crippen molar-refractivity contribution in [3.63, 3.8) is 0 Å². The molecule has 0 amide bonds. The van der Waals surface area contributed by atoms with Crippen LogP contribution in [0, 0.1) is 0 Å². The van der Waals surface area contributed by atoms with Crippen molar-refractivity contribution in [2.75, 3.05) is 0 Å². The van der Waals surface area contributed by atoms with E-state index in [0.717, 1.165) is 0 Å². The molecule has 0 unspecified atom stereocenters. The van der Waals surface area contributed by atoms with Gasteiger partial charge in [0, 0.05) is 0 Å². The Labute approximate surface area is 108 Å². The minimum Gasteiger partial charge on any atom is -0.907 e. The molecule has 0 spiro atoms. The van der Waals surface area contributed by atoms with Crippen LogP contribution in [0.2, 0.25) is 58.9 Å². The lowest BCUT2D eigenvalue weighted by molar-refractivity contribution is -0.479. The number of hydrogen-bond donors (Lipinski definition) is 0. The fourth-order valence-electron chi connectivity index (χ4n) is 0. The first-order valence-electron chi connectivity index (χ1n) is 5.21. The molecule has 0 atom stereocenters. The van der Waals surface area contributed by atoms with Crippen LogP contribution in [0.4, 0.5) is 0 Å². The van der Waals surface area contributed by atoms with Gasteiger partial charge in [0.2, 0.25) is 0 Å². The third kappa shape index (κ3) is 7610. The van der Waals surface area contributed by atoms with Crippen molar-refractivity contribution >= 4 is 33.7 Å². The van der Waals surface area contributed by atoms with Gasteiger partial charge in [-0.2, -0.15) is 0 Å². The lowest BCUT2D eigenvalue weighted by atomic mass is 10.3. The van der Waals surface area contributed by atoms with Crippen LogP contribution < -0.4 is 15.1 Å². The van der Waals surface area contributed by atoms with Crippen LogP contribution in [0.5, 0.6) is 0 Å². The highest BCUT2D eigenvalue weighted by Crippen LogP contribution is 1.68. The number of hydrogen-bond acceptors (Lipinski definition) is 3. The van der Waals surface area contributed by atoms with Gasteiger partial charge in [-0.05, 0) is 0 Å². The third-order valence-corrected chi connectivity index (χ3v) is 0. The predicted octanol–water partition coefficient (Wildman–Crippen LogP) is 0.164. The lowest BCUT2D eigenvalue weighted by Gasteiger charge is -2.35. The molecule has 7 heteroatoms. The van der Waals surface area contributed by atoms with Gasteiger partial charge < -0.3 is 15.1 Å². The summed E-state index contributed by atoms with van der Waals surface area (Å²) in [5.74, 6) is 0. The van der Waals surface area contributed by atoms with E-state index in [2.05, 4.69) is 58.9 Å². The highest BCUT2D eigenvalue weighted by molar-refractivity contribution is 6.54. The average Bonchev–Trinajstić information content (AvgIpc) is 1.76. The molecule has 0 aliphatic heterocycles. The molecule has 0 aromatic rings. The number of rotatable bonds is 0. The van der Waals surface area contributed by atoms with E-state index in [0.29, 0.717) is 0 Å². The quantitative estimate of drug-likeness (QED) is 0.593. The van der Waals surface area contributed by atoms with E-state index in [-0.39, 0.29) is 26.4 Å². The van der Waals surface area contributed by atoms with E-state index >= 15 is 0 Å². The lowest BCUT2D eigenvalue weighted by Crippen LogP contribution is -2.56. The molecule has 0 aliphatic carbocycles. The van der Waals surface area contributed by atoms with Gasteiger partial charge in [-0.1, -0.05) is 0 Å². The Morgan fingerprint density at radius 3 is 0.500 bits per heavy atom. The summed E-state index contributed by atoms with van der Waals surface area (Å²) in [5.41, 5.74) is 0. The molecule has 0 N–H and O–H groups in total. The van der Waals surface area contributed by atoms with Gasteiger partial charge in [0.05, 0.1) is 58.9 Å². The van der Waals surface area contributed by atoms with Crippen molar-refractivity contribution in [1.82, 2.24) is 0 Å². The van der Waals surface area contributed by atoms with Crippen molar-refractivity contribution in [3.05, 3.63) is 0 Å². The largest absolute Gasteiger partial charge is 0.907 e. The van der Waals surface area contributed by atoms with Crippen LogP contribution in [0.15, 0.2) is 0 Å². The van der Waals surface area contributed by atoms with Gasteiger partial charge in [-0.15, -0.1) is 0 Å². The molecule has 0 aromatic carbocycles. The highest BCUT2D eigenvalue weighted by Gasteiger charge is 1.93. The summed E-state index contributed by atoms with van der Waals surface area (Å²) in [6, 6.07) is 0. The second-order valence-corrected chi connectivity index (χ2v) is 13.8. The van der Waals surface area contributed by atoms with Gasteiger partial charge >= 0.3 is 26.4 Å². The Morgan fingerprint density at radius 2 is 0.500 bits per heavy atom. The molecule has 0 aromatic heterocycles. The highest BCUT2D eigenvalue weighted by atomic mass is 28.3. The van der Waals surface area contributed by atoms with Crippen LogP contribution in [0.1, 0.15) is 0 Å². The summed E-state index contributed by atoms with van der Waals surface area (Å²) in [6.07, 6.45) is 0. The molecule has 96 valence electrons. The maximum absolute atomic E-state index is 8.42. The summed E-state index contributed by atoms with van der Waals surface area (Å²) < 4.78 is 0. The Balaban J connectivity index is -0.0000000600. The van der Waals surface area contributed by atoms with E-state index in [9.17, 15) is 0 Å². The molecule has 0 heterocycles. The molecular weight excluding hydrogens is 251 g/mol. The maximum Gasteiger partial charge on any atom is 0.304 e. The van der Waals surface area contributed by atoms with Crippen LogP contribution in [-0.2, 0) is 0 Å². The molecule has 16 heavy (non-hydrogen) atoms. The first-order valence-corrected chi connectivity index (χ1v) is 14.2. The summed E-state index contributed by atoms with van der Waals surface area (Å²) in [4.78, 5) is 0. The molecule has 3 nitrogen and oxygen atoms in total. The smallest absolute Gasteiger partial charge is 0.304 e. The molecule has 0 rings (SSSR count). The van der Waals surface area contributed by atoms with Crippen LogP contribution in [-0.4, -0.2) is 33.7 Å². The van der Waals surface area contributed by atoms with Gasteiger partial charge in [0.1, 0.15) is 0 Å². The van der Waals surface area contributed by atoms with E-state index in [4.69, 9.17) is 15.1 Å². The molecule has 0 bridgehead atoms. The van der Waals surface area contributed by atoms with Crippen molar-refractivity contribution in [1.29, 1.82) is 0 Å². The van der Waals surface area contributed by atoms with Gasteiger partial charge in [-0.25, -0.2) is 0 Å². The van der Waals surface area contributed by atoms with Crippen LogP contribution >= 0.6 is 0 Å². The standard InChI is InChI=1S/3C3H9Si.BO3/c3*1-4(2)3;2-1(3)4/h3*1-3H3;/q3*+1;-3. The fourth-order valence-corrected chi connectivity index (χ4v) is 0. The predicted molar refractivity (Wildman–Crippen MR) is 75.8 cm³/mol. The first kappa shape index (κ1) is 25.4. The van der Waals surface area contributed by atoms with Crippen LogP contribution in [0.25, 0.3) is 0 Å². The Bertz CT molecular complexity index is 69.0. The zero-order chi connectivity index (χ0) is 14.3. The van der Waals surface area contributed by atoms with Crippen molar-refractivity contribution < 1.29 is 15.1 Å².